The van der Waals surface area contributed by atoms with E-state index in [0.29, 0.717) is 17.7 Å². The summed E-state index contributed by atoms with van der Waals surface area (Å²) >= 11 is 3.35. The van der Waals surface area contributed by atoms with Crippen molar-refractivity contribution < 1.29 is 9.84 Å². The number of benzene rings is 1. The second-order valence-electron chi connectivity index (χ2n) is 3.14. The number of aromatic hydroxyl groups is 1. The van der Waals surface area contributed by atoms with Gasteiger partial charge in [-0.3, -0.25) is 0 Å². The molecule has 0 aliphatic heterocycles. The van der Waals surface area contributed by atoms with Gasteiger partial charge in [0.05, 0.1) is 7.11 Å². The van der Waals surface area contributed by atoms with Gasteiger partial charge >= 0.3 is 0 Å². The zero-order chi connectivity index (χ0) is 11.4. The van der Waals surface area contributed by atoms with Crippen LogP contribution in [0.2, 0.25) is 0 Å². The fourth-order valence-electron chi connectivity index (χ4n) is 1.38. The molecule has 16 heavy (non-hydrogen) atoms. The van der Waals surface area contributed by atoms with Gasteiger partial charge < -0.3 is 15.6 Å². The van der Waals surface area contributed by atoms with E-state index in [-0.39, 0.29) is 24.2 Å². The van der Waals surface area contributed by atoms with Crippen molar-refractivity contribution >= 4 is 28.3 Å². The van der Waals surface area contributed by atoms with Crippen molar-refractivity contribution in [2.75, 3.05) is 7.11 Å². The molecule has 0 heterocycles. The third-order valence-corrected chi connectivity index (χ3v) is 2.83. The van der Waals surface area contributed by atoms with Crippen molar-refractivity contribution in [1.29, 1.82) is 0 Å². The Morgan fingerprint density at radius 2 is 2.25 bits per heavy atom. The van der Waals surface area contributed by atoms with Gasteiger partial charge in [0.25, 0.3) is 0 Å². The lowest BCUT2D eigenvalue weighted by Crippen LogP contribution is -2.10. The highest BCUT2D eigenvalue weighted by atomic mass is 79.9. The van der Waals surface area contributed by atoms with Crippen LogP contribution in [0.1, 0.15) is 18.0 Å². The van der Waals surface area contributed by atoms with E-state index in [1.807, 2.05) is 0 Å². The van der Waals surface area contributed by atoms with E-state index in [9.17, 15) is 5.11 Å². The van der Waals surface area contributed by atoms with E-state index in [0.717, 1.165) is 4.47 Å². The molecule has 5 heteroatoms. The predicted octanol–water partition coefficient (Wildman–Crippen LogP) is 3.16. The van der Waals surface area contributed by atoms with E-state index < -0.39 is 0 Å². The van der Waals surface area contributed by atoms with Crippen LogP contribution in [0.25, 0.3) is 0 Å². The first-order valence-corrected chi connectivity index (χ1v) is 5.33. The van der Waals surface area contributed by atoms with Crippen LogP contribution in [0.4, 0.5) is 0 Å². The van der Waals surface area contributed by atoms with Gasteiger partial charge in [-0.25, -0.2) is 0 Å². The SMILES string of the molecule is C=CC[C@@H](N)c1c(Br)ccc(OC)c1O.Cl. The summed E-state index contributed by atoms with van der Waals surface area (Å²) in [5.41, 5.74) is 6.56. The summed E-state index contributed by atoms with van der Waals surface area (Å²) < 4.78 is 5.79. The molecular formula is C11H15BrClNO2. The molecule has 0 bridgehead atoms. The molecule has 0 aliphatic carbocycles. The lowest BCUT2D eigenvalue weighted by atomic mass is 10.0. The fourth-order valence-corrected chi connectivity index (χ4v) is 1.99. The predicted molar refractivity (Wildman–Crippen MR) is 71.3 cm³/mol. The molecule has 0 saturated heterocycles. The maximum absolute atomic E-state index is 9.90. The normalized spacial score (nSPS) is 11.4. The van der Waals surface area contributed by atoms with Crippen molar-refractivity contribution in [2.45, 2.75) is 12.5 Å². The molecule has 0 amide bonds. The van der Waals surface area contributed by atoms with E-state index in [1.165, 1.54) is 7.11 Å². The van der Waals surface area contributed by atoms with Crippen LogP contribution in [-0.4, -0.2) is 12.2 Å². The van der Waals surface area contributed by atoms with Gasteiger partial charge in [0.15, 0.2) is 11.5 Å². The average Bonchev–Trinajstić information content (AvgIpc) is 2.18. The Hall–Kier alpha value is -0.710. The molecule has 0 unspecified atom stereocenters. The van der Waals surface area contributed by atoms with Crippen molar-refractivity contribution in [3.63, 3.8) is 0 Å². The first-order valence-electron chi connectivity index (χ1n) is 4.53. The smallest absolute Gasteiger partial charge is 0.163 e. The number of ether oxygens (including phenoxy) is 1. The molecule has 0 saturated carbocycles. The first-order chi connectivity index (χ1) is 7.11. The molecule has 0 radical (unpaired) electrons. The lowest BCUT2D eigenvalue weighted by Gasteiger charge is -2.15. The fraction of sp³-hybridized carbons (Fsp3) is 0.273. The highest BCUT2D eigenvalue weighted by Gasteiger charge is 2.17. The maximum Gasteiger partial charge on any atom is 0.163 e. The van der Waals surface area contributed by atoms with Crippen LogP contribution < -0.4 is 10.5 Å². The Kier molecular flexibility index (Phi) is 6.48. The van der Waals surface area contributed by atoms with Crippen molar-refractivity contribution in [3.05, 3.63) is 34.8 Å². The van der Waals surface area contributed by atoms with Gasteiger partial charge in [-0.15, -0.1) is 19.0 Å². The van der Waals surface area contributed by atoms with E-state index >= 15 is 0 Å². The molecule has 0 fully saturated rings. The number of nitrogens with two attached hydrogens (primary N) is 1. The van der Waals surface area contributed by atoms with Gasteiger partial charge in [-0.1, -0.05) is 22.0 Å². The third kappa shape index (κ3) is 3.14. The minimum Gasteiger partial charge on any atom is -0.504 e. The molecule has 1 atom stereocenters. The van der Waals surface area contributed by atoms with Crippen LogP contribution in [0, 0.1) is 0 Å². The molecule has 0 spiro atoms. The number of phenolic OH excluding ortho intramolecular Hbond substituents is 1. The van der Waals surface area contributed by atoms with Crippen LogP contribution in [0.5, 0.6) is 11.5 Å². The average molecular weight is 309 g/mol. The van der Waals surface area contributed by atoms with E-state index in [1.54, 1.807) is 18.2 Å². The van der Waals surface area contributed by atoms with Gasteiger partial charge in [-0.2, -0.15) is 0 Å². The Balaban J connectivity index is 0.00000225. The molecule has 0 aliphatic rings. The second-order valence-corrected chi connectivity index (χ2v) is 4.00. The summed E-state index contributed by atoms with van der Waals surface area (Å²) in [5.74, 6) is 0.508. The zero-order valence-electron chi connectivity index (χ0n) is 8.94. The Morgan fingerprint density at radius 3 is 2.75 bits per heavy atom. The summed E-state index contributed by atoms with van der Waals surface area (Å²) in [6.45, 7) is 3.62. The molecule has 1 aromatic carbocycles. The van der Waals surface area contributed by atoms with E-state index in [2.05, 4.69) is 22.5 Å². The zero-order valence-corrected chi connectivity index (χ0v) is 11.3. The molecule has 1 aromatic rings. The van der Waals surface area contributed by atoms with Crippen LogP contribution in [0.3, 0.4) is 0 Å². The molecule has 3 N–H and O–H groups in total. The number of halogens is 2. The van der Waals surface area contributed by atoms with E-state index in [4.69, 9.17) is 10.5 Å². The van der Waals surface area contributed by atoms with Crippen LogP contribution in [0.15, 0.2) is 29.3 Å². The third-order valence-electron chi connectivity index (χ3n) is 2.14. The summed E-state index contributed by atoms with van der Waals surface area (Å²) in [7, 11) is 1.51. The largest absolute Gasteiger partial charge is 0.504 e. The van der Waals surface area contributed by atoms with Gasteiger partial charge in [-0.05, 0) is 18.6 Å². The van der Waals surface area contributed by atoms with Crippen molar-refractivity contribution in [3.8, 4) is 11.5 Å². The summed E-state index contributed by atoms with van der Waals surface area (Å²) in [5, 5.41) is 9.90. The Morgan fingerprint density at radius 1 is 1.62 bits per heavy atom. The number of rotatable bonds is 4. The molecule has 1 rings (SSSR count). The molecule has 90 valence electrons. The van der Waals surface area contributed by atoms with Crippen LogP contribution in [-0.2, 0) is 0 Å². The minimum absolute atomic E-state index is 0. The summed E-state index contributed by atoms with van der Waals surface area (Å²) in [6.07, 6.45) is 2.31. The van der Waals surface area contributed by atoms with Crippen molar-refractivity contribution in [2.24, 2.45) is 5.73 Å². The molecule has 0 aromatic heterocycles. The summed E-state index contributed by atoms with van der Waals surface area (Å²) in [4.78, 5) is 0. The number of methoxy groups -OCH3 is 1. The Labute approximate surface area is 110 Å². The maximum atomic E-state index is 9.90. The lowest BCUT2D eigenvalue weighted by molar-refractivity contribution is 0.368. The number of phenols is 1. The highest BCUT2D eigenvalue weighted by Crippen LogP contribution is 2.38. The second kappa shape index (κ2) is 6.78. The van der Waals surface area contributed by atoms with Gasteiger partial charge in [0, 0.05) is 16.1 Å². The first kappa shape index (κ1) is 15.3. The van der Waals surface area contributed by atoms with Gasteiger partial charge in [0.1, 0.15) is 0 Å². The standard InChI is InChI=1S/C11H14BrNO2.ClH/c1-3-4-8(13)10-7(12)5-6-9(15-2)11(10)14;/h3,5-6,8,14H,1,4,13H2,2H3;1H/t8-;/m1./s1. The minimum atomic E-state index is -0.285. The molecule has 3 nitrogen and oxygen atoms in total. The quantitative estimate of drug-likeness (QED) is 0.840. The van der Waals surface area contributed by atoms with Crippen molar-refractivity contribution in [1.82, 2.24) is 0 Å². The number of hydrogen-bond donors (Lipinski definition) is 2. The summed E-state index contributed by atoms with van der Waals surface area (Å²) in [6, 6.07) is 3.20. The van der Waals surface area contributed by atoms with Gasteiger partial charge in [0.2, 0.25) is 0 Å². The van der Waals surface area contributed by atoms with Crippen LogP contribution >= 0.6 is 28.3 Å². The Bertz CT molecular complexity index is 371. The topological polar surface area (TPSA) is 55.5 Å². The molecular weight excluding hydrogens is 293 g/mol. The number of hydrogen-bond acceptors (Lipinski definition) is 3. The highest BCUT2D eigenvalue weighted by molar-refractivity contribution is 9.10. The monoisotopic (exact) mass is 307 g/mol.